The quantitative estimate of drug-likeness (QED) is 0.388. The molecular formula is C28H45FN2O3. The molecule has 192 valence electrons. The highest BCUT2D eigenvalue weighted by atomic mass is 19.1. The minimum Gasteiger partial charge on any atom is -0.462 e. The molecule has 6 heteroatoms. The van der Waals surface area contributed by atoms with Gasteiger partial charge in [0, 0.05) is 50.7 Å². The van der Waals surface area contributed by atoms with Crippen LogP contribution >= 0.6 is 0 Å². The van der Waals surface area contributed by atoms with Gasteiger partial charge in [-0.25, -0.2) is 4.39 Å². The molecular weight excluding hydrogens is 431 g/mol. The van der Waals surface area contributed by atoms with E-state index in [9.17, 15) is 14.0 Å². The van der Waals surface area contributed by atoms with Crippen molar-refractivity contribution in [1.82, 2.24) is 4.90 Å². The van der Waals surface area contributed by atoms with Gasteiger partial charge >= 0.3 is 5.97 Å². The Labute approximate surface area is 206 Å². The molecule has 2 aliphatic rings. The summed E-state index contributed by atoms with van der Waals surface area (Å²) in [6.45, 7) is 13.9. The zero-order chi connectivity index (χ0) is 25.1. The van der Waals surface area contributed by atoms with E-state index < -0.39 is 0 Å². The summed E-state index contributed by atoms with van der Waals surface area (Å²) in [5.41, 5.74) is 0.852. The van der Waals surface area contributed by atoms with Gasteiger partial charge in [-0.2, -0.15) is 0 Å². The highest BCUT2D eigenvalue weighted by Gasteiger charge is 2.47. The number of ketones is 1. The molecule has 1 unspecified atom stereocenters. The summed E-state index contributed by atoms with van der Waals surface area (Å²) >= 11 is 0. The van der Waals surface area contributed by atoms with Crippen molar-refractivity contribution in [3.05, 3.63) is 30.1 Å². The van der Waals surface area contributed by atoms with Gasteiger partial charge in [0.05, 0.1) is 5.41 Å². The summed E-state index contributed by atoms with van der Waals surface area (Å²) in [6.07, 6.45) is 7.73. The maximum atomic E-state index is 13.2. The van der Waals surface area contributed by atoms with E-state index in [0.717, 1.165) is 76.8 Å². The van der Waals surface area contributed by atoms with Gasteiger partial charge in [0.25, 0.3) is 0 Å². The minimum absolute atomic E-state index is 0.0481. The monoisotopic (exact) mass is 476 g/mol. The first-order valence-corrected chi connectivity index (χ1v) is 13.2. The minimum atomic E-state index is -0.234. The van der Waals surface area contributed by atoms with Crippen LogP contribution in [0.2, 0.25) is 0 Å². The normalized spacial score (nSPS) is 25.0. The number of unbranched alkanes of at least 4 members (excludes halogenated alkanes) is 1. The van der Waals surface area contributed by atoms with E-state index >= 15 is 0 Å². The molecule has 2 saturated heterocycles. The molecule has 0 radical (unpaired) electrons. The fourth-order valence-electron chi connectivity index (χ4n) is 5.05. The molecule has 0 N–H and O–H groups in total. The summed E-state index contributed by atoms with van der Waals surface area (Å²) in [4.78, 5) is 27.3. The summed E-state index contributed by atoms with van der Waals surface area (Å²) in [5.74, 6) is 0.113. The van der Waals surface area contributed by atoms with E-state index in [0.29, 0.717) is 12.5 Å². The molecule has 0 amide bonds. The van der Waals surface area contributed by atoms with Crippen molar-refractivity contribution < 1.29 is 18.7 Å². The third-order valence-electron chi connectivity index (χ3n) is 7.26. The molecule has 5 nitrogen and oxygen atoms in total. The number of carbonyl (C=O) groups excluding carboxylic acids is 2. The van der Waals surface area contributed by atoms with E-state index in [-0.39, 0.29) is 29.1 Å². The van der Waals surface area contributed by atoms with Crippen LogP contribution in [0.5, 0.6) is 0 Å². The van der Waals surface area contributed by atoms with Crippen LogP contribution in [0.1, 0.15) is 86.0 Å². The number of hydrogen-bond donors (Lipinski definition) is 0. The van der Waals surface area contributed by atoms with Crippen molar-refractivity contribution in [3.63, 3.8) is 0 Å². The number of halogens is 1. The number of cyclic esters (lactones) is 1. The summed E-state index contributed by atoms with van der Waals surface area (Å²) < 4.78 is 19.0. The molecule has 2 aliphatic heterocycles. The number of rotatable bonds is 10. The highest BCUT2D eigenvalue weighted by Crippen LogP contribution is 2.43. The largest absolute Gasteiger partial charge is 0.462 e. The molecule has 2 heterocycles. The van der Waals surface area contributed by atoms with Crippen molar-refractivity contribution in [2.75, 3.05) is 31.1 Å². The SMILES string of the molecule is CCC(C)=O.CCCCC1(CCC)C[C@H](CCN2CCN(c3ccc(F)cc3)C[C@@H]2C)OC1=O. The molecule has 34 heavy (non-hydrogen) atoms. The first-order chi connectivity index (χ1) is 16.2. The number of nitrogens with zero attached hydrogens (tertiary/aromatic N) is 2. The fourth-order valence-corrected chi connectivity index (χ4v) is 5.05. The van der Waals surface area contributed by atoms with Gasteiger partial charge in [0.2, 0.25) is 0 Å². The molecule has 3 rings (SSSR count). The Bertz CT molecular complexity index is 769. The van der Waals surface area contributed by atoms with Crippen LogP contribution in [-0.2, 0) is 14.3 Å². The average molecular weight is 477 g/mol. The summed E-state index contributed by atoms with van der Waals surface area (Å²) in [6, 6.07) is 7.20. The lowest BCUT2D eigenvalue weighted by atomic mass is 9.76. The third kappa shape index (κ3) is 8.07. The zero-order valence-corrected chi connectivity index (χ0v) is 21.9. The van der Waals surface area contributed by atoms with Crippen LogP contribution in [-0.4, -0.2) is 55.0 Å². The molecule has 0 bridgehead atoms. The van der Waals surface area contributed by atoms with Crippen molar-refractivity contribution in [2.45, 2.75) is 98.1 Å². The molecule has 3 atom stereocenters. The zero-order valence-electron chi connectivity index (χ0n) is 21.9. The second kappa shape index (κ2) is 13.8. The topological polar surface area (TPSA) is 49.9 Å². The van der Waals surface area contributed by atoms with Gasteiger partial charge in [-0.15, -0.1) is 0 Å². The van der Waals surface area contributed by atoms with Crippen LogP contribution < -0.4 is 4.90 Å². The second-order valence-electron chi connectivity index (χ2n) is 10.0. The van der Waals surface area contributed by atoms with Gasteiger partial charge in [-0.1, -0.05) is 40.0 Å². The van der Waals surface area contributed by atoms with E-state index in [1.807, 2.05) is 19.1 Å². The van der Waals surface area contributed by atoms with Crippen molar-refractivity contribution >= 4 is 17.4 Å². The van der Waals surface area contributed by atoms with Gasteiger partial charge in [0.15, 0.2) is 0 Å². The van der Waals surface area contributed by atoms with Crippen LogP contribution in [0.3, 0.4) is 0 Å². The molecule has 2 fully saturated rings. The standard InChI is InChI=1S/C24H37FN2O2.C4H8O/c1-4-6-13-24(12-5-2)17-22(29-23(24)28)11-14-26-15-16-27(18-19(26)3)21-9-7-20(25)8-10-21;1-3-4(2)5/h7-10,19,22H,4-6,11-18H2,1-3H3;3H2,1-2H3/t19-,22-,24?;/m0./s1. The third-order valence-corrected chi connectivity index (χ3v) is 7.26. The molecule has 0 aliphatic carbocycles. The van der Waals surface area contributed by atoms with E-state index in [1.165, 1.54) is 12.1 Å². The Hall–Kier alpha value is -1.95. The smallest absolute Gasteiger partial charge is 0.312 e. The summed E-state index contributed by atoms with van der Waals surface area (Å²) in [5, 5.41) is 0. The highest BCUT2D eigenvalue weighted by molar-refractivity contribution is 5.79. The van der Waals surface area contributed by atoms with Crippen LogP contribution in [0, 0.1) is 11.2 Å². The van der Waals surface area contributed by atoms with Gasteiger partial charge < -0.3 is 14.4 Å². The van der Waals surface area contributed by atoms with E-state index in [4.69, 9.17) is 4.74 Å². The number of benzene rings is 1. The number of Topliss-reactive ketones (excluding diaryl/α,β-unsaturated/α-hetero) is 1. The number of ether oxygens (including phenoxy) is 1. The summed E-state index contributed by atoms with van der Waals surface area (Å²) in [7, 11) is 0. The molecule has 0 spiro atoms. The first kappa shape index (κ1) is 28.3. The van der Waals surface area contributed by atoms with Crippen molar-refractivity contribution in [2.24, 2.45) is 5.41 Å². The van der Waals surface area contributed by atoms with E-state index in [2.05, 4.69) is 30.6 Å². The van der Waals surface area contributed by atoms with Gasteiger partial charge in [0.1, 0.15) is 17.7 Å². The number of piperazine rings is 1. The Morgan fingerprint density at radius 2 is 1.79 bits per heavy atom. The van der Waals surface area contributed by atoms with E-state index in [1.54, 1.807) is 6.92 Å². The fraction of sp³-hybridized carbons (Fsp3) is 0.714. The lowest BCUT2D eigenvalue weighted by Gasteiger charge is -2.41. The average Bonchev–Trinajstić information content (AvgIpc) is 3.13. The maximum Gasteiger partial charge on any atom is 0.312 e. The van der Waals surface area contributed by atoms with Gasteiger partial charge in [-0.05, 0) is 57.4 Å². The first-order valence-electron chi connectivity index (χ1n) is 13.2. The molecule has 1 aromatic rings. The predicted octanol–water partition coefficient (Wildman–Crippen LogP) is 6.00. The van der Waals surface area contributed by atoms with Crippen molar-refractivity contribution in [3.8, 4) is 0 Å². The van der Waals surface area contributed by atoms with Crippen LogP contribution in [0.25, 0.3) is 0 Å². The number of carbonyl (C=O) groups is 2. The Balaban J connectivity index is 0.000000739. The lowest BCUT2D eigenvalue weighted by Crippen LogP contribution is -2.52. The molecule has 0 aromatic heterocycles. The van der Waals surface area contributed by atoms with Crippen molar-refractivity contribution in [1.29, 1.82) is 0 Å². The number of anilines is 1. The maximum absolute atomic E-state index is 13.2. The number of esters is 1. The Kier molecular flexibility index (Phi) is 11.5. The lowest BCUT2D eigenvalue weighted by molar-refractivity contribution is -0.149. The van der Waals surface area contributed by atoms with Crippen LogP contribution in [0.15, 0.2) is 24.3 Å². The van der Waals surface area contributed by atoms with Crippen LogP contribution in [0.4, 0.5) is 10.1 Å². The second-order valence-corrected chi connectivity index (χ2v) is 10.0. The Morgan fingerprint density at radius 1 is 1.12 bits per heavy atom. The Morgan fingerprint density at radius 3 is 2.35 bits per heavy atom. The molecule has 0 saturated carbocycles. The number of hydrogen-bond acceptors (Lipinski definition) is 5. The predicted molar refractivity (Wildman–Crippen MR) is 137 cm³/mol. The molecule has 1 aromatic carbocycles. The van der Waals surface area contributed by atoms with Gasteiger partial charge in [-0.3, -0.25) is 9.69 Å².